The van der Waals surface area contributed by atoms with E-state index in [-0.39, 0.29) is 0 Å². The molecule has 2 aromatic rings. The molecule has 3 rings (SSSR count). The van der Waals surface area contributed by atoms with Crippen LogP contribution in [0.5, 0.6) is 0 Å². The fourth-order valence-corrected chi connectivity index (χ4v) is 3.89. The third-order valence-corrected chi connectivity index (χ3v) is 5.56. The van der Waals surface area contributed by atoms with E-state index in [9.17, 15) is 0 Å². The minimum absolute atomic E-state index is 0.503. The van der Waals surface area contributed by atoms with Crippen molar-refractivity contribution in [3.63, 3.8) is 0 Å². The van der Waals surface area contributed by atoms with Gasteiger partial charge >= 0.3 is 0 Å². The molecule has 1 aliphatic carbocycles. The molecule has 0 saturated heterocycles. The third-order valence-electron chi connectivity index (χ3n) is 5.30. The van der Waals surface area contributed by atoms with Gasteiger partial charge in [0.1, 0.15) is 0 Å². The lowest BCUT2D eigenvalue weighted by Gasteiger charge is -2.30. The first kappa shape index (κ1) is 17.9. The minimum atomic E-state index is 0.503. The largest absolute Gasteiger partial charge is 0.360 e. The van der Waals surface area contributed by atoms with Gasteiger partial charge in [0.05, 0.1) is 11.4 Å². The Hall–Kier alpha value is -1.88. The van der Waals surface area contributed by atoms with Crippen LogP contribution in [0.25, 0.3) is 5.69 Å². The number of thiocarbonyl (C=S) groups is 1. The average Bonchev–Trinajstić information content (AvgIpc) is 2.90. The van der Waals surface area contributed by atoms with E-state index in [0.29, 0.717) is 18.5 Å². The Morgan fingerprint density at radius 2 is 1.92 bits per heavy atom. The number of hydrogen-bond donors (Lipinski definition) is 2. The number of aryl methyl sites for hydroxylation is 1. The van der Waals surface area contributed by atoms with Crippen molar-refractivity contribution in [2.24, 2.45) is 5.92 Å². The predicted molar refractivity (Wildman–Crippen MR) is 107 cm³/mol. The summed E-state index contributed by atoms with van der Waals surface area (Å²) >= 11 is 5.52. The van der Waals surface area contributed by atoms with Crippen LogP contribution in [-0.4, -0.2) is 20.9 Å². The van der Waals surface area contributed by atoms with E-state index in [1.807, 2.05) is 22.9 Å². The molecule has 2 N–H and O–H groups in total. The van der Waals surface area contributed by atoms with Gasteiger partial charge in [-0.2, -0.15) is 5.10 Å². The summed E-state index contributed by atoms with van der Waals surface area (Å²) in [6.45, 7) is 7.20. The van der Waals surface area contributed by atoms with Crippen LogP contribution in [0.15, 0.2) is 30.3 Å². The van der Waals surface area contributed by atoms with Gasteiger partial charge < -0.3 is 10.6 Å². The summed E-state index contributed by atoms with van der Waals surface area (Å²) in [6.07, 6.45) is 5.15. The molecule has 4 nitrogen and oxygen atoms in total. The van der Waals surface area contributed by atoms with Gasteiger partial charge in [0.2, 0.25) is 0 Å². The lowest BCUT2D eigenvalue weighted by molar-refractivity contribution is 0.308. The SMILES string of the molecule is Cc1nn(-c2ccccc2)c(C)c1CNC(=S)N[C@@H]1CCCC[C@@H]1C. The fourth-order valence-electron chi connectivity index (χ4n) is 3.67. The molecule has 0 spiro atoms. The van der Waals surface area contributed by atoms with E-state index < -0.39 is 0 Å². The van der Waals surface area contributed by atoms with Crippen LogP contribution in [-0.2, 0) is 6.54 Å². The van der Waals surface area contributed by atoms with Crippen molar-refractivity contribution >= 4 is 17.3 Å². The number of rotatable bonds is 4. The molecule has 1 fully saturated rings. The Labute approximate surface area is 156 Å². The number of para-hydroxylation sites is 1. The molecule has 0 radical (unpaired) electrons. The maximum atomic E-state index is 5.52. The van der Waals surface area contributed by atoms with E-state index in [4.69, 9.17) is 17.3 Å². The van der Waals surface area contributed by atoms with E-state index in [2.05, 4.69) is 43.5 Å². The highest BCUT2D eigenvalue weighted by atomic mass is 32.1. The van der Waals surface area contributed by atoms with Crippen LogP contribution in [0.2, 0.25) is 0 Å². The Morgan fingerprint density at radius 1 is 1.20 bits per heavy atom. The minimum Gasteiger partial charge on any atom is -0.360 e. The Bertz CT molecular complexity index is 723. The zero-order valence-electron chi connectivity index (χ0n) is 15.4. The highest BCUT2D eigenvalue weighted by Gasteiger charge is 2.21. The standard InChI is InChI=1S/C20H28N4S/c1-14-9-7-8-12-19(14)22-20(25)21-13-18-15(2)23-24(16(18)3)17-10-5-4-6-11-17/h4-6,10-11,14,19H,7-9,12-13H2,1-3H3,(H2,21,22,25)/t14-,19+/m0/s1. The van der Waals surface area contributed by atoms with Gasteiger partial charge in [0, 0.05) is 23.8 Å². The summed E-state index contributed by atoms with van der Waals surface area (Å²) in [4.78, 5) is 0. The molecular formula is C20H28N4S. The quantitative estimate of drug-likeness (QED) is 0.812. The number of hydrogen-bond acceptors (Lipinski definition) is 2. The van der Waals surface area contributed by atoms with Crippen LogP contribution >= 0.6 is 12.2 Å². The lowest BCUT2D eigenvalue weighted by Crippen LogP contribution is -2.45. The van der Waals surface area contributed by atoms with E-state index in [0.717, 1.165) is 22.2 Å². The van der Waals surface area contributed by atoms with Crippen LogP contribution in [0.3, 0.4) is 0 Å². The molecule has 1 aromatic carbocycles. The monoisotopic (exact) mass is 356 g/mol. The van der Waals surface area contributed by atoms with Crippen molar-refractivity contribution in [2.45, 2.75) is 59.0 Å². The zero-order chi connectivity index (χ0) is 17.8. The molecule has 1 aliphatic rings. The highest BCUT2D eigenvalue weighted by molar-refractivity contribution is 7.80. The molecule has 25 heavy (non-hydrogen) atoms. The molecule has 134 valence electrons. The molecular weight excluding hydrogens is 328 g/mol. The van der Waals surface area contributed by atoms with Crippen molar-refractivity contribution in [2.75, 3.05) is 0 Å². The Kier molecular flexibility index (Phi) is 5.74. The normalized spacial score (nSPS) is 20.3. The fraction of sp³-hybridized carbons (Fsp3) is 0.500. The highest BCUT2D eigenvalue weighted by Crippen LogP contribution is 2.23. The smallest absolute Gasteiger partial charge is 0.166 e. The lowest BCUT2D eigenvalue weighted by atomic mass is 9.86. The van der Waals surface area contributed by atoms with Crippen LogP contribution < -0.4 is 10.6 Å². The molecule has 1 saturated carbocycles. The van der Waals surface area contributed by atoms with Crippen molar-refractivity contribution in [3.8, 4) is 5.69 Å². The van der Waals surface area contributed by atoms with Crippen molar-refractivity contribution in [1.82, 2.24) is 20.4 Å². The molecule has 0 unspecified atom stereocenters. The summed E-state index contributed by atoms with van der Waals surface area (Å²) < 4.78 is 2.01. The summed E-state index contributed by atoms with van der Waals surface area (Å²) in [6, 6.07) is 10.7. The zero-order valence-corrected chi connectivity index (χ0v) is 16.2. The summed E-state index contributed by atoms with van der Waals surface area (Å²) in [7, 11) is 0. The summed E-state index contributed by atoms with van der Waals surface area (Å²) in [5.74, 6) is 0.692. The molecule has 1 heterocycles. The number of benzene rings is 1. The van der Waals surface area contributed by atoms with Crippen LogP contribution in [0.4, 0.5) is 0 Å². The van der Waals surface area contributed by atoms with E-state index in [1.54, 1.807) is 0 Å². The first-order valence-corrected chi connectivity index (χ1v) is 9.62. The van der Waals surface area contributed by atoms with E-state index in [1.165, 1.54) is 31.2 Å². The first-order chi connectivity index (χ1) is 12.1. The molecule has 1 aromatic heterocycles. The second-order valence-corrected chi connectivity index (χ2v) is 7.50. The second-order valence-electron chi connectivity index (χ2n) is 7.09. The van der Waals surface area contributed by atoms with Crippen molar-refractivity contribution in [1.29, 1.82) is 0 Å². The number of aromatic nitrogens is 2. The van der Waals surface area contributed by atoms with Crippen LogP contribution in [0, 0.1) is 19.8 Å². The van der Waals surface area contributed by atoms with Gasteiger partial charge in [0.25, 0.3) is 0 Å². The van der Waals surface area contributed by atoms with Gasteiger partial charge in [-0.1, -0.05) is 38.0 Å². The third kappa shape index (κ3) is 4.21. The maximum absolute atomic E-state index is 5.52. The van der Waals surface area contributed by atoms with Gasteiger partial charge in [-0.25, -0.2) is 4.68 Å². The molecule has 2 atom stereocenters. The molecule has 0 bridgehead atoms. The first-order valence-electron chi connectivity index (χ1n) is 9.21. The topological polar surface area (TPSA) is 41.9 Å². The van der Waals surface area contributed by atoms with E-state index >= 15 is 0 Å². The van der Waals surface area contributed by atoms with Gasteiger partial charge in [-0.15, -0.1) is 0 Å². The molecule has 5 heteroatoms. The maximum Gasteiger partial charge on any atom is 0.166 e. The molecule has 0 aliphatic heterocycles. The molecule has 0 amide bonds. The van der Waals surface area contributed by atoms with Crippen molar-refractivity contribution < 1.29 is 0 Å². The Morgan fingerprint density at radius 3 is 2.64 bits per heavy atom. The average molecular weight is 357 g/mol. The Balaban J connectivity index is 1.63. The van der Waals surface area contributed by atoms with Crippen LogP contribution in [0.1, 0.15) is 49.6 Å². The number of nitrogens with zero attached hydrogens (tertiary/aromatic N) is 2. The predicted octanol–water partition coefficient (Wildman–Crippen LogP) is 4.03. The van der Waals surface area contributed by atoms with Crippen molar-refractivity contribution in [3.05, 3.63) is 47.3 Å². The summed E-state index contributed by atoms with van der Waals surface area (Å²) in [5, 5.41) is 12.3. The second kappa shape index (κ2) is 8.00. The number of nitrogens with one attached hydrogen (secondary N) is 2. The van der Waals surface area contributed by atoms with Gasteiger partial charge in [-0.05, 0) is 57.0 Å². The summed E-state index contributed by atoms with van der Waals surface area (Å²) in [5.41, 5.74) is 4.50. The van der Waals surface area contributed by atoms with Gasteiger partial charge in [0.15, 0.2) is 5.11 Å². The van der Waals surface area contributed by atoms with Gasteiger partial charge in [-0.3, -0.25) is 0 Å².